The fraction of sp³-hybridized carbons (Fsp3) is 0.744. The van der Waals surface area contributed by atoms with Crippen molar-refractivity contribution in [1.29, 1.82) is 0 Å². The lowest BCUT2D eigenvalue weighted by Gasteiger charge is -2.28. The summed E-state index contributed by atoms with van der Waals surface area (Å²) in [6.45, 7) is 9.95. The third-order valence-electron chi connectivity index (χ3n) is 9.07. The lowest BCUT2D eigenvalue weighted by molar-refractivity contribution is -0.387. The summed E-state index contributed by atoms with van der Waals surface area (Å²) in [5.74, 6) is -1.94. The number of methoxy groups -OCH3 is 2. The maximum atomic E-state index is 12.9. The van der Waals surface area contributed by atoms with Gasteiger partial charge in [0.05, 0.1) is 113 Å². The molecule has 0 spiro atoms. The van der Waals surface area contributed by atoms with Gasteiger partial charge in [0.2, 0.25) is 5.91 Å². The molecule has 0 saturated heterocycles. The molecule has 2 unspecified atom stereocenters. The van der Waals surface area contributed by atoms with Crippen LogP contribution in [0.4, 0.5) is 5.69 Å². The first-order chi connectivity index (χ1) is 28.3. The highest BCUT2D eigenvalue weighted by molar-refractivity contribution is 8.00. The van der Waals surface area contributed by atoms with Crippen LogP contribution in [-0.2, 0) is 61.8 Å². The summed E-state index contributed by atoms with van der Waals surface area (Å²) in [6.07, 6.45) is 2.16. The summed E-state index contributed by atoms with van der Waals surface area (Å²) in [4.78, 5) is 62.5. The molecule has 1 N–H and O–H groups in total. The molecule has 1 amide bonds. The van der Waals surface area contributed by atoms with E-state index in [1.54, 1.807) is 13.8 Å². The number of nitro groups is 1. The van der Waals surface area contributed by atoms with E-state index in [0.29, 0.717) is 70.5 Å². The van der Waals surface area contributed by atoms with E-state index in [9.17, 15) is 29.3 Å². The van der Waals surface area contributed by atoms with Crippen LogP contribution in [0.3, 0.4) is 0 Å². The molecule has 336 valence electrons. The molecule has 2 heterocycles. The van der Waals surface area contributed by atoms with Crippen molar-refractivity contribution in [2.24, 2.45) is 10.8 Å². The molecule has 3 rings (SSSR count). The largest absolute Gasteiger partial charge is 0.487 e. The Hall–Kier alpha value is -3.79. The lowest BCUT2D eigenvalue weighted by atomic mass is 9.79. The molecule has 19 nitrogen and oxygen atoms in total. The molecule has 0 aromatic heterocycles. The van der Waals surface area contributed by atoms with E-state index < -0.39 is 44.7 Å². The summed E-state index contributed by atoms with van der Waals surface area (Å²) < 4.78 is 59.9. The highest BCUT2D eigenvalue weighted by atomic mass is 32.2. The van der Waals surface area contributed by atoms with Gasteiger partial charge < -0.3 is 57.4 Å². The number of amides is 1. The minimum absolute atomic E-state index is 0.00925. The Balaban J connectivity index is 2.04. The molecular formula is C39H62N2O17S. The van der Waals surface area contributed by atoms with E-state index >= 15 is 0 Å². The van der Waals surface area contributed by atoms with Gasteiger partial charge in [0.25, 0.3) is 5.69 Å². The molecule has 0 radical (unpaired) electrons. The normalized spacial score (nSPS) is 17.7. The quantitative estimate of drug-likeness (QED) is 0.0520. The Labute approximate surface area is 350 Å². The number of esters is 3. The van der Waals surface area contributed by atoms with E-state index in [1.165, 1.54) is 19.2 Å². The number of rotatable bonds is 19. The van der Waals surface area contributed by atoms with Gasteiger partial charge in [-0.05, 0) is 40.0 Å². The van der Waals surface area contributed by atoms with Crippen LogP contribution in [0.15, 0.2) is 17.0 Å². The molecule has 2 bridgehead atoms. The maximum absolute atomic E-state index is 12.9. The molecular weight excluding hydrogens is 800 g/mol. The number of nitrogens with one attached hydrogen (secondary N) is 1. The fourth-order valence-corrected chi connectivity index (χ4v) is 6.32. The maximum Gasteiger partial charge on any atom is 0.339 e. The smallest absolute Gasteiger partial charge is 0.339 e. The van der Waals surface area contributed by atoms with Crippen LogP contribution in [-0.4, -0.2) is 147 Å². The molecule has 1 aromatic carbocycles. The van der Waals surface area contributed by atoms with Crippen molar-refractivity contribution < 1.29 is 76.2 Å². The first kappa shape index (κ1) is 51.4. The van der Waals surface area contributed by atoms with Gasteiger partial charge in [-0.25, -0.2) is 4.79 Å². The van der Waals surface area contributed by atoms with Crippen molar-refractivity contribution in [3.05, 3.63) is 22.2 Å². The Morgan fingerprint density at radius 1 is 0.831 bits per heavy atom. The fourth-order valence-electron chi connectivity index (χ4n) is 5.26. The van der Waals surface area contributed by atoms with Gasteiger partial charge in [-0.3, -0.25) is 24.5 Å². The molecule has 2 atom stereocenters. The summed E-state index contributed by atoms with van der Waals surface area (Å²) in [5.41, 5.74) is -1.88. The first-order valence-electron chi connectivity index (χ1n) is 19.6. The highest BCUT2D eigenvalue weighted by Gasteiger charge is 2.35. The molecule has 0 fully saturated rings. The Morgan fingerprint density at radius 2 is 1.42 bits per heavy atom. The van der Waals surface area contributed by atoms with Crippen molar-refractivity contribution in [2.75, 3.05) is 113 Å². The number of nitro benzene ring substituents is 1. The number of ether oxygens (including phenoxy) is 11. The zero-order chi connectivity index (χ0) is 43.5. The second-order valence-corrected chi connectivity index (χ2v) is 15.2. The molecule has 0 aliphatic carbocycles. The number of thioether (sulfide) groups is 1. The van der Waals surface area contributed by atoms with Gasteiger partial charge in [0, 0.05) is 13.2 Å². The van der Waals surface area contributed by atoms with Gasteiger partial charge in [-0.2, -0.15) is 0 Å². The van der Waals surface area contributed by atoms with Crippen molar-refractivity contribution in [2.45, 2.75) is 70.1 Å². The third-order valence-corrected chi connectivity index (χ3v) is 10.2. The Kier molecular flexibility index (Phi) is 24.9. The lowest BCUT2D eigenvalue weighted by Crippen LogP contribution is -2.39. The Morgan fingerprint density at radius 3 is 2.03 bits per heavy atom. The molecule has 0 saturated carbocycles. The van der Waals surface area contributed by atoms with E-state index in [0.717, 1.165) is 7.11 Å². The number of benzene rings is 1. The predicted octanol–water partition coefficient (Wildman–Crippen LogP) is 3.89. The molecule has 2 aliphatic heterocycles. The number of carbonyl (C=O) groups is 4. The van der Waals surface area contributed by atoms with E-state index in [2.05, 4.69) is 5.32 Å². The molecule has 1 aromatic rings. The van der Waals surface area contributed by atoms with Crippen molar-refractivity contribution in [3.8, 4) is 11.5 Å². The van der Waals surface area contributed by atoms with E-state index in [1.807, 2.05) is 13.8 Å². The van der Waals surface area contributed by atoms with Crippen molar-refractivity contribution in [3.63, 3.8) is 0 Å². The van der Waals surface area contributed by atoms with Crippen LogP contribution < -0.4 is 14.8 Å². The zero-order valence-corrected chi connectivity index (χ0v) is 36.0. The van der Waals surface area contributed by atoms with Crippen LogP contribution >= 0.6 is 11.8 Å². The van der Waals surface area contributed by atoms with Crippen molar-refractivity contribution >= 4 is 41.3 Å². The molecule has 20 heteroatoms. The van der Waals surface area contributed by atoms with Crippen LogP contribution in [0, 0.1) is 20.9 Å². The standard InChI is InChI=1S/C39H62N2O17S/c1-7-39(4,37(45)58-23-13-48-5)11-8-10-38(2,3)36(44)57-26-22-54-21-25-56-31-28-32-29(41(46)47)27-30(31)55-24-20-53-19-18-52-17-16-51-15-14-50-12-9-33(42)40-34(59-32)35(43)49-6/h27-28,34H,7-26H2,1-6H3,(H,40,42). The summed E-state index contributed by atoms with van der Waals surface area (Å²) in [5, 5.41) is 13.4. The van der Waals surface area contributed by atoms with Crippen LogP contribution in [0.25, 0.3) is 0 Å². The monoisotopic (exact) mass is 862 g/mol. The second kappa shape index (κ2) is 28.6. The highest BCUT2D eigenvalue weighted by Crippen LogP contribution is 2.41. The summed E-state index contributed by atoms with van der Waals surface area (Å²) in [7, 11) is 2.67. The predicted molar refractivity (Wildman–Crippen MR) is 212 cm³/mol. The average molecular weight is 863 g/mol. The van der Waals surface area contributed by atoms with Crippen LogP contribution in [0.2, 0.25) is 0 Å². The third kappa shape index (κ3) is 19.9. The Bertz CT molecular complexity index is 1450. The van der Waals surface area contributed by atoms with E-state index in [4.69, 9.17) is 52.1 Å². The van der Waals surface area contributed by atoms with Gasteiger partial charge in [-0.15, -0.1) is 0 Å². The number of hydrogen-bond acceptors (Lipinski definition) is 18. The van der Waals surface area contributed by atoms with Crippen molar-refractivity contribution in [1.82, 2.24) is 5.32 Å². The number of fused-ring (bicyclic) bond motifs is 20. The van der Waals surface area contributed by atoms with Gasteiger partial charge in [0.1, 0.15) is 26.4 Å². The molecule has 2 aliphatic rings. The van der Waals surface area contributed by atoms with Crippen LogP contribution in [0.1, 0.15) is 59.8 Å². The van der Waals surface area contributed by atoms with Gasteiger partial charge >= 0.3 is 17.9 Å². The number of carbonyl (C=O) groups excluding carboxylic acids is 4. The first-order valence-corrected chi connectivity index (χ1v) is 20.5. The number of hydrogen-bond donors (Lipinski definition) is 1. The van der Waals surface area contributed by atoms with Gasteiger partial charge in [0.15, 0.2) is 16.9 Å². The minimum atomic E-state index is -1.34. The number of nitrogens with zero attached hydrogens (tertiary/aromatic N) is 1. The van der Waals surface area contributed by atoms with Gasteiger partial charge in [-0.1, -0.05) is 25.1 Å². The summed E-state index contributed by atoms with van der Waals surface area (Å²) >= 11 is 0.699. The van der Waals surface area contributed by atoms with Crippen LogP contribution in [0.5, 0.6) is 11.5 Å². The summed E-state index contributed by atoms with van der Waals surface area (Å²) in [6, 6.07) is 2.50. The second-order valence-electron chi connectivity index (χ2n) is 14.0. The average Bonchev–Trinajstić information content (AvgIpc) is 3.21. The zero-order valence-electron chi connectivity index (χ0n) is 35.2. The SMILES string of the molecule is CCC(C)(CCCC(C)(C)C(=O)OCCOCCOc1cc2c([N+](=O)[O-])cc1OCCOCCOCCOCCOCCC(=O)NC(C(=O)OC)S2)C(=O)OCCOC. The molecule has 59 heavy (non-hydrogen) atoms. The topological polar surface area (TPSA) is 225 Å². The van der Waals surface area contributed by atoms with E-state index in [-0.39, 0.29) is 94.9 Å². The minimum Gasteiger partial charge on any atom is -0.487 e.